The Labute approximate surface area is 45.2 Å². The van der Waals surface area contributed by atoms with Crippen LogP contribution in [-0.4, -0.2) is 29.0 Å². The molecule has 6 heavy (non-hydrogen) atoms. The van der Waals surface area contributed by atoms with Crippen molar-refractivity contribution in [1.82, 2.24) is 0 Å². The third-order valence-electron chi connectivity index (χ3n) is 0.348. The molecule has 34 valence electrons. The van der Waals surface area contributed by atoms with Gasteiger partial charge in [-0.25, -0.2) is 0 Å². The monoisotopic (exact) mass is 102 g/mol. The van der Waals surface area contributed by atoms with Gasteiger partial charge in [-0.1, -0.05) is 0 Å². The number of hydrogen-bond acceptors (Lipinski definition) is 2. The number of ketones is 1. The van der Waals surface area contributed by atoms with E-state index >= 15 is 0 Å². The van der Waals surface area contributed by atoms with E-state index in [0.717, 1.165) is 0 Å². The van der Waals surface area contributed by atoms with Gasteiger partial charge in [-0.05, 0) is 6.92 Å². The Balaban J connectivity index is 2.83. The predicted octanol–water partition coefficient (Wildman–Crippen LogP) is -0.860. The summed E-state index contributed by atoms with van der Waals surface area (Å²) in [5.41, 5.74) is 0. The van der Waals surface area contributed by atoms with Crippen molar-refractivity contribution in [2.24, 2.45) is 0 Å². The summed E-state index contributed by atoms with van der Waals surface area (Å²) in [7, 11) is 0. The van der Waals surface area contributed by atoms with Gasteiger partial charge in [0.1, 0.15) is 0 Å². The lowest BCUT2D eigenvalue weighted by Gasteiger charge is -1.87. The summed E-state index contributed by atoms with van der Waals surface area (Å²) in [5.74, 6) is 0.102. The highest BCUT2D eigenvalue weighted by atomic mass is 27.1. The molecule has 0 rings (SSSR count). The lowest BCUT2D eigenvalue weighted by atomic mass is 10.5. The summed E-state index contributed by atoms with van der Waals surface area (Å²) in [5, 5.41) is 0. The second kappa shape index (κ2) is 3.36. The van der Waals surface area contributed by atoms with Gasteiger partial charge in [-0.2, -0.15) is 0 Å². The smallest absolute Gasteiger partial charge is 0.410 e. The van der Waals surface area contributed by atoms with Crippen LogP contribution in [0.5, 0.6) is 0 Å². The minimum Gasteiger partial charge on any atom is -0.501 e. The largest absolute Gasteiger partial charge is 0.501 e. The zero-order chi connectivity index (χ0) is 4.99. The van der Waals surface area contributed by atoms with Crippen molar-refractivity contribution in [3.8, 4) is 0 Å². The molecule has 0 radical (unpaired) electrons. The van der Waals surface area contributed by atoms with E-state index in [0.29, 0.717) is 23.2 Å². The van der Waals surface area contributed by atoms with E-state index in [9.17, 15) is 4.79 Å². The number of hydrogen-bond donors (Lipinski definition) is 0. The molecule has 0 spiro atoms. The van der Waals surface area contributed by atoms with Crippen LogP contribution in [-0.2, 0) is 8.58 Å². The van der Waals surface area contributed by atoms with Crippen LogP contribution in [0.4, 0.5) is 0 Å². The number of carbonyl (C=O) groups excluding carboxylic acids is 1. The molecule has 0 aromatic carbocycles. The van der Waals surface area contributed by atoms with Crippen LogP contribution in [0.2, 0.25) is 0 Å². The predicted molar refractivity (Wildman–Crippen MR) is 25.2 cm³/mol. The Bertz CT molecular complexity index is 52.8. The average molecular weight is 102 g/mol. The summed E-state index contributed by atoms with van der Waals surface area (Å²) < 4.78 is 4.59. The third-order valence-corrected chi connectivity index (χ3v) is 0.636. The van der Waals surface area contributed by atoms with Gasteiger partial charge >= 0.3 is 16.6 Å². The molecular formula is C3H7AlO2. The van der Waals surface area contributed by atoms with Crippen molar-refractivity contribution in [3.05, 3.63) is 0 Å². The van der Waals surface area contributed by atoms with Crippen LogP contribution in [0.25, 0.3) is 0 Å². The Hall–Kier alpha value is 0.162. The molecule has 0 heterocycles. The van der Waals surface area contributed by atoms with E-state index in [4.69, 9.17) is 0 Å². The number of Topliss-reactive ketones (excluding diaryl/α,β-unsaturated/α-hetero) is 1. The van der Waals surface area contributed by atoms with E-state index < -0.39 is 0 Å². The molecule has 0 aliphatic rings. The first-order chi connectivity index (χ1) is 2.77. The minimum atomic E-state index is 0.102. The maximum absolute atomic E-state index is 9.94. The van der Waals surface area contributed by atoms with Crippen LogP contribution in [0.15, 0.2) is 0 Å². The molecule has 0 aromatic heterocycles. The summed E-state index contributed by atoms with van der Waals surface area (Å²) in [6.45, 7) is 1.81. The molecule has 0 aromatic rings. The molecule has 2 nitrogen and oxygen atoms in total. The Kier molecular flexibility index (Phi) is 3.45. The fourth-order valence-corrected chi connectivity index (χ4v) is 0.610. The number of carbonyl (C=O) groups is 1. The molecule has 0 atom stereocenters. The zero-order valence-electron chi connectivity index (χ0n) is 4.02. The summed E-state index contributed by atoms with van der Waals surface area (Å²) in [6, 6.07) is 0. The van der Waals surface area contributed by atoms with Gasteiger partial charge in [-0.15, -0.1) is 0 Å². The quantitative estimate of drug-likeness (QED) is 0.424. The zero-order valence-corrected chi connectivity index (χ0v) is 6.02. The van der Waals surface area contributed by atoms with Gasteiger partial charge in [-0.3, -0.25) is 4.79 Å². The summed E-state index contributed by atoms with van der Waals surface area (Å²) in [6.07, 6.45) is 0. The Morgan fingerprint density at radius 2 is 2.50 bits per heavy atom. The molecule has 0 unspecified atom stereocenters. The first kappa shape index (κ1) is 6.16. The van der Waals surface area contributed by atoms with Crippen LogP contribution >= 0.6 is 0 Å². The molecule has 0 saturated heterocycles. The normalized spacial score (nSPS) is 8.17. The highest BCUT2D eigenvalue weighted by Gasteiger charge is 1.82. The van der Waals surface area contributed by atoms with E-state index in [1.807, 2.05) is 0 Å². The van der Waals surface area contributed by atoms with Crippen LogP contribution in [0.1, 0.15) is 6.92 Å². The van der Waals surface area contributed by atoms with Crippen molar-refractivity contribution >= 4 is 22.4 Å². The first-order valence-electron chi connectivity index (χ1n) is 1.75. The lowest BCUT2D eigenvalue weighted by Crippen LogP contribution is -1.99. The van der Waals surface area contributed by atoms with Crippen LogP contribution in [0.3, 0.4) is 0 Å². The van der Waals surface area contributed by atoms with Crippen molar-refractivity contribution < 1.29 is 8.58 Å². The van der Waals surface area contributed by atoms with Crippen LogP contribution in [0, 0.1) is 0 Å². The van der Waals surface area contributed by atoms with Crippen molar-refractivity contribution in [3.63, 3.8) is 0 Å². The molecule has 0 saturated carbocycles. The van der Waals surface area contributed by atoms with Gasteiger partial charge in [0, 0.05) is 0 Å². The fraction of sp³-hybridized carbons (Fsp3) is 0.667. The van der Waals surface area contributed by atoms with Gasteiger partial charge in [0.2, 0.25) is 0 Å². The van der Waals surface area contributed by atoms with Gasteiger partial charge < -0.3 is 3.79 Å². The lowest BCUT2D eigenvalue weighted by molar-refractivity contribution is -0.118. The maximum Gasteiger partial charge on any atom is 0.410 e. The van der Waals surface area contributed by atoms with Gasteiger partial charge in [0.05, 0.1) is 6.61 Å². The summed E-state index contributed by atoms with van der Waals surface area (Å²) >= 11 is 0.666. The van der Waals surface area contributed by atoms with E-state index in [2.05, 4.69) is 3.79 Å². The van der Waals surface area contributed by atoms with E-state index in [-0.39, 0.29) is 5.78 Å². The highest BCUT2D eigenvalue weighted by molar-refractivity contribution is 5.99. The SMILES string of the molecule is CC(=O)C[O][AlH2]. The first-order valence-corrected chi connectivity index (χ1v) is 2.57. The van der Waals surface area contributed by atoms with E-state index in [1.54, 1.807) is 0 Å². The Morgan fingerprint density at radius 3 is 2.50 bits per heavy atom. The van der Waals surface area contributed by atoms with Crippen molar-refractivity contribution in [1.29, 1.82) is 0 Å². The molecular weight excluding hydrogens is 95.0 g/mol. The average Bonchev–Trinajstić information content (AvgIpc) is 1.35. The molecule has 0 N–H and O–H groups in total. The minimum absolute atomic E-state index is 0.102. The molecule has 0 aliphatic heterocycles. The topological polar surface area (TPSA) is 26.3 Å². The number of rotatable bonds is 2. The second-order valence-corrected chi connectivity index (χ2v) is 1.71. The van der Waals surface area contributed by atoms with Crippen molar-refractivity contribution in [2.75, 3.05) is 6.61 Å². The highest BCUT2D eigenvalue weighted by Crippen LogP contribution is 1.65. The van der Waals surface area contributed by atoms with Crippen LogP contribution < -0.4 is 0 Å². The van der Waals surface area contributed by atoms with Crippen molar-refractivity contribution in [2.45, 2.75) is 6.92 Å². The fourth-order valence-electron chi connectivity index (χ4n) is 0.203. The van der Waals surface area contributed by atoms with E-state index in [1.165, 1.54) is 6.92 Å². The second-order valence-electron chi connectivity index (χ2n) is 1.14. The Morgan fingerprint density at radius 1 is 2.00 bits per heavy atom. The standard InChI is InChI=1S/C3H5O2.Al.2H/c1-3(5)2-4;;;/h2H2,1H3;;;/q-1;+1;;. The van der Waals surface area contributed by atoms with Gasteiger partial charge in [0.25, 0.3) is 0 Å². The molecule has 0 amide bonds. The molecule has 0 bridgehead atoms. The maximum atomic E-state index is 9.94. The third kappa shape index (κ3) is 4.16. The molecule has 0 fully saturated rings. The van der Waals surface area contributed by atoms with Gasteiger partial charge in [0.15, 0.2) is 5.78 Å². The summed E-state index contributed by atoms with van der Waals surface area (Å²) in [4.78, 5) is 9.94. The molecule has 3 heteroatoms. The molecule has 0 aliphatic carbocycles.